The third kappa shape index (κ3) is 6.28. The highest BCUT2D eigenvalue weighted by Gasteiger charge is 2.14. The monoisotopic (exact) mass is 246 g/mol. The summed E-state index contributed by atoms with van der Waals surface area (Å²) in [7, 11) is 2.78. The zero-order chi connectivity index (χ0) is 13.4. The van der Waals surface area contributed by atoms with Crippen molar-refractivity contribution >= 4 is 5.97 Å². The molecule has 0 aliphatic carbocycles. The molecule has 0 saturated carbocycles. The minimum absolute atomic E-state index is 0.314. The highest BCUT2D eigenvalue weighted by atomic mass is 16.5. The highest BCUT2D eigenvalue weighted by Crippen LogP contribution is 2.16. The summed E-state index contributed by atoms with van der Waals surface area (Å²) in [5.41, 5.74) is 0.402. The van der Waals surface area contributed by atoms with E-state index < -0.39 is 18.2 Å². The number of allylic oxidation sites excluding steroid dienone is 1. The molecule has 17 heavy (non-hydrogen) atoms. The molecule has 5 nitrogen and oxygen atoms in total. The quantitative estimate of drug-likeness (QED) is 0.398. The molecule has 0 rings (SSSR count). The first-order chi connectivity index (χ1) is 7.92. The number of methoxy groups -OCH3 is 2. The van der Waals surface area contributed by atoms with Gasteiger partial charge in [-0.2, -0.15) is 0 Å². The Bertz CT molecular complexity index is 270. The van der Waals surface area contributed by atoms with Crippen LogP contribution in [0, 0.1) is 0 Å². The molecule has 0 aliphatic heterocycles. The molecule has 0 radical (unpaired) electrons. The third-order valence-electron chi connectivity index (χ3n) is 2.47. The number of aliphatic hydroxyl groups excluding tert-OH is 2. The number of carbonyl (C=O) groups is 1. The lowest BCUT2D eigenvalue weighted by molar-refractivity contribution is -0.136. The molecule has 0 spiro atoms. The Kier molecular flexibility index (Phi) is 7.58. The van der Waals surface area contributed by atoms with Gasteiger partial charge in [0, 0.05) is 6.42 Å². The summed E-state index contributed by atoms with van der Waals surface area (Å²) in [4.78, 5) is 11.3. The lowest BCUT2D eigenvalue weighted by Gasteiger charge is -2.14. The Morgan fingerprint density at radius 3 is 2.24 bits per heavy atom. The van der Waals surface area contributed by atoms with Gasteiger partial charge in [0.1, 0.15) is 5.76 Å². The average Bonchev–Trinajstić information content (AvgIpc) is 2.27. The van der Waals surface area contributed by atoms with Gasteiger partial charge in [-0.25, -0.2) is 4.79 Å². The number of aliphatic hydroxyl groups is 2. The average molecular weight is 246 g/mol. The molecule has 0 saturated heterocycles. The van der Waals surface area contributed by atoms with Gasteiger partial charge < -0.3 is 19.7 Å². The summed E-state index contributed by atoms with van der Waals surface area (Å²) in [5.74, 6) is 0.0633. The van der Waals surface area contributed by atoms with Crippen LogP contribution in [0.25, 0.3) is 0 Å². The van der Waals surface area contributed by atoms with Gasteiger partial charge in [0.2, 0.25) is 0 Å². The fraction of sp³-hybridized carbons (Fsp3) is 0.750. The molecular weight excluding hydrogens is 224 g/mol. The summed E-state index contributed by atoms with van der Waals surface area (Å²) in [6.45, 7) is 3.24. The van der Waals surface area contributed by atoms with Crippen LogP contribution in [0.1, 0.15) is 33.1 Å². The third-order valence-corrected chi connectivity index (χ3v) is 2.47. The number of hydrogen-bond donors (Lipinski definition) is 2. The Morgan fingerprint density at radius 2 is 1.82 bits per heavy atom. The number of esters is 1. The van der Waals surface area contributed by atoms with Gasteiger partial charge >= 0.3 is 5.97 Å². The lowest BCUT2D eigenvalue weighted by Crippen LogP contribution is -2.15. The van der Waals surface area contributed by atoms with E-state index in [1.54, 1.807) is 13.8 Å². The summed E-state index contributed by atoms with van der Waals surface area (Å²) in [6, 6.07) is 0. The van der Waals surface area contributed by atoms with E-state index >= 15 is 0 Å². The molecule has 0 aromatic heterocycles. The van der Waals surface area contributed by atoms with Crippen molar-refractivity contribution in [1.82, 2.24) is 0 Å². The van der Waals surface area contributed by atoms with Gasteiger partial charge in [-0.3, -0.25) is 0 Å². The van der Waals surface area contributed by atoms with Crippen LogP contribution in [0.5, 0.6) is 0 Å². The smallest absolute Gasteiger partial charge is 0.336 e. The summed E-state index contributed by atoms with van der Waals surface area (Å²) < 4.78 is 9.68. The second-order valence-corrected chi connectivity index (χ2v) is 4.02. The molecule has 0 aromatic carbocycles. The first-order valence-corrected chi connectivity index (χ1v) is 5.60. The van der Waals surface area contributed by atoms with Crippen molar-refractivity contribution in [1.29, 1.82) is 0 Å². The Morgan fingerprint density at radius 1 is 1.24 bits per heavy atom. The first kappa shape index (κ1) is 15.9. The Balaban J connectivity index is 4.36. The van der Waals surface area contributed by atoms with Crippen LogP contribution in [-0.2, 0) is 14.3 Å². The molecule has 0 aliphatic rings. The molecule has 0 fully saturated rings. The van der Waals surface area contributed by atoms with E-state index in [0.717, 1.165) is 0 Å². The van der Waals surface area contributed by atoms with Crippen LogP contribution < -0.4 is 0 Å². The molecule has 0 amide bonds. The van der Waals surface area contributed by atoms with Crippen LogP contribution >= 0.6 is 0 Å². The van der Waals surface area contributed by atoms with Gasteiger partial charge in [0.15, 0.2) is 0 Å². The fourth-order valence-electron chi connectivity index (χ4n) is 1.52. The van der Waals surface area contributed by atoms with Crippen molar-refractivity contribution < 1.29 is 24.5 Å². The van der Waals surface area contributed by atoms with E-state index in [1.807, 2.05) is 0 Å². The van der Waals surface area contributed by atoms with Crippen molar-refractivity contribution in [3.05, 3.63) is 11.3 Å². The molecule has 0 bridgehead atoms. The molecule has 2 N–H and O–H groups in total. The van der Waals surface area contributed by atoms with E-state index in [9.17, 15) is 9.90 Å². The second-order valence-electron chi connectivity index (χ2n) is 4.02. The van der Waals surface area contributed by atoms with Gasteiger partial charge in [0.25, 0.3) is 0 Å². The minimum Gasteiger partial charge on any atom is -0.501 e. The molecule has 0 heterocycles. The van der Waals surface area contributed by atoms with Crippen molar-refractivity contribution in [3.63, 3.8) is 0 Å². The minimum atomic E-state index is -0.606. The van der Waals surface area contributed by atoms with Crippen LogP contribution in [0.15, 0.2) is 11.3 Å². The standard InChI is InChI=1S/C12H22O5/c1-8(13)7-10(14)5-6-11(16-3)9(2)12(15)17-4/h8,10,13-14H,5-7H2,1-4H3/b11-9+/t8-,10+/m0/s1. The normalized spacial score (nSPS) is 15.9. The van der Waals surface area contributed by atoms with Crippen LogP contribution in [0.3, 0.4) is 0 Å². The van der Waals surface area contributed by atoms with Crippen molar-refractivity contribution in [2.75, 3.05) is 14.2 Å². The number of hydrogen-bond acceptors (Lipinski definition) is 5. The molecular formula is C12H22O5. The van der Waals surface area contributed by atoms with E-state index in [1.165, 1.54) is 14.2 Å². The maximum absolute atomic E-state index is 11.3. The van der Waals surface area contributed by atoms with E-state index in [-0.39, 0.29) is 0 Å². The van der Waals surface area contributed by atoms with Gasteiger partial charge in [-0.05, 0) is 26.7 Å². The van der Waals surface area contributed by atoms with Crippen LogP contribution in [0.4, 0.5) is 0 Å². The molecule has 0 unspecified atom stereocenters. The van der Waals surface area contributed by atoms with E-state index in [2.05, 4.69) is 4.74 Å². The zero-order valence-electron chi connectivity index (χ0n) is 10.9. The molecule has 0 aromatic rings. The fourth-order valence-corrected chi connectivity index (χ4v) is 1.52. The van der Waals surface area contributed by atoms with Crippen LogP contribution in [0.2, 0.25) is 0 Å². The van der Waals surface area contributed by atoms with Crippen molar-refractivity contribution in [2.45, 2.75) is 45.3 Å². The largest absolute Gasteiger partial charge is 0.501 e. The number of ether oxygens (including phenoxy) is 2. The lowest BCUT2D eigenvalue weighted by atomic mass is 10.1. The number of carbonyl (C=O) groups excluding carboxylic acids is 1. The van der Waals surface area contributed by atoms with Crippen molar-refractivity contribution in [3.8, 4) is 0 Å². The molecule has 2 atom stereocenters. The van der Waals surface area contributed by atoms with E-state index in [4.69, 9.17) is 9.84 Å². The first-order valence-electron chi connectivity index (χ1n) is 5.60. The van der Waals surface area contributed by atoms with Gasteiger partial charge in [0.05, 0.1) is 32.0 Å². The zero-order valence-corrected chi connectivity index (χ0v) is 10.9. The summed E-state index contributed by atoms with van der Waals surface area (Å²) in [6.07, 6.45) is 0.0365. The van der Waals surface area contributed by atoms with Crippen molar-refractivity contribution in [2.24, 2.45) is 0 Å². The van der Waals surface area contributed by atoms with Gasteiger partial charge in [-0.15, -0.1) is 0 Å². The van der Waals surface area contributed by atoms with Gasteiger partial charge in [-0.1, -0.05) is 0 Å². The maximum Gasteiger partial charge on any atom is 0.336 e. The highest BCUT2D eigenvalue weighted by molar-refractivity contribution is 5.88. The molecule has 100 valence electrons. The van der Waals surface area contributed by atoms with E-state index in [0.29, 0.717) is 30.6 Å². The topological polar surface area (TPSA) is 76.0 Å². The summed E-state index contributed by atoms with van der Waals surface area (Å²) in [5, 5.41) is 18.7. The second kappa shape index (κ2) is 8.08. The van der Waals surface area contributed by atoms with Crippen LogP contribution in [-0.4, -0.2) is 42.6 Å². The Hall–Kier alpha value is -1.07. The number of rotatable bonds is 7. The molecule has 5 heteroatoms. The predicted octanol–water partition coefficient (Wildman–Crippen LogP) is 0.992. The SMILES string of the molecule is COC(=O)/C(C)=C(\CC[C@@H](O)C[C@H](C)O)OC. The maximum atomic E-state index is 11.3. The predicted molar refractivity (Wildman–Crippen MR) is 63.3 cm³/mol. The summed E-state index contributed by atoms with van der Waals surface area (Å²) >= 11 is 0. The Labute approximate surface area is 102 Å².